The Morgan fingerprint density at radius 1 is 0.582 bits per heavy atom. The first-order chi connectivity index (χ1) is 26.6. The first-order valence-corrected chi connectivity index (χ1v) is 17.5. The molecule has 0 aliphatic heterocycles. The van der Waals surface area contributed by atoms with E-state index in [1.165, 1.54) is 42.5 Å². The summed E-state index contributed by atoms with van der Waals surface area (Å²) in [4.78, 5) is 57.8. The van der Waals surface area contributed by atoms with E-state index < -0.39 is 23.9 Å². The molecule has 0 aromatic heterocycles. The van der Waals surface area contributed by atoms with Gasteiger partial charge < -0.3 is 33.2 Å². The molecule has 3 rings (SSSR count). The molecule has 55 heavy (non-hydrogen) atoms. The monoisotopic (exact) mass is 758 g/mol. The number of allylic oxidation sites excluding steroid dienone is 5. The van der Waals surface area contributed by atoms with Crippen molar-refractivity contribution in [1.82, 2.24) is 0 Å². The average molecular weight is 759 g/mol. The average Bonchev–Trinajstić information content (AvgIpc) is 3.21. The summed E-state index contributed by atoms with van der Waals surface area (Å²) in [6.07, 6.45) is 8.20. The molecular weight excluding hydrogens is 708 g/mol. The molecule has 0 spiro atoms. The molecule has 0 N–H and O–H groups in total. The van der Waals surface area contributed by atoms with E-state index in [-0.39, 0.29) is 29.4 Å². The molecule has 0 atom stereocenters. The third-order valence-electron chi connectivity index (χ3n) is 6.62. The Balaban J connectivity index is 0.00000236. The van der Waals surface area contributed by atoms with Crippen LogP contribution in [0.25, 0.3) is 0 Å². The second-order valence-electron chi connectivity index (χ2n) is 10.8. The number of rotatable bonds is 20. The lowest BCUT2D eigenvalue weighted by Crippen LogP contribution is -2.09. The zero-order valence-corrected chi connectivity index (χ0v) is 32.1. The quantitative estimate of drug-likeness (QED) is 0.0159. The van der Waals surface area contributed by atoms with Gasteiger partial charge in [-0.1, -0.05) is 27.0 Å². The molecule has 12 nitrogen and oxygen atoms in total. The van der Waals surface area contributed by atoms with E-state index in [0.717, 1.165) is 18.9 Å². The molecule has 0 fully saturated rings. The second kappa shape index (κ2) is 28.3. The van der Waals surface area contributed by atoms with E-state index in [0.29, 0.717) is 55.2 Å². The highest BCUT2D eigenvalue weighted by atomic mass is 16.5. The maximum Gasteiger partial charge on any atom is 0.343 e. The van der Waals surface area contributed by atoms with Crippen LogP contribution < -0.4 is 14.2 Å². The highest BCUT2D eigenvalue weighted by Crippen LogP contribution is 2.19. The van der Waals surface area contributed by atoms with Gasteiger partial charge in [-0.15, -0.1) is 0 Å². The van der Waals surface area contributed by atoms with Crippen LogP contribution in [0.1, 0.15) is 78.0 Å². The number of methoxy groups -OCH3 is 1. The van der Waals surface area contributed by atoms with Gasteiger partial charge in [0.2, 0.25) is 0 Å². The van der Waals surface area contributed by atoms with Crippen molar-refractivity contribution >= 4 is 30.2 Å². The molecule has 0 unspecified atom stereocenters. The van der Waals surface area contributed by atoms with Gasteiger partial charge in [-0.05, 0) is 118 Å². The Labute approximate surface area is 323 Å². The molecule has 0 aliphatic rings. The lowest BCUT2D eigenvalue weighted by Gasteiger charge is -2.08. The summed E-state index contributed by atoms with van der Waals surface area (Å²) in [7, 11) is 1.66. The van der Waals surface area contributed by atoms with Crippen molar-refractivity contribution in [3.63, 3.8) is 0 Å². The number of carbonyl (C=O) groups excluding carboxylic acids is 5. The maximum atomic E-state index is 12.6. The number of benzene rings is 3. The van der Waals surface area contributed by atoms with E-state index in [4.69, 9.17) is 38.0 Å². The molecule has 3 aromatic carbocycles. The van der Waals surface area contributed by atoms with E-state index in [9.17, 15) is 19.2 Å². The molecular formula is C43H50O12. The van der Waals surface area contributed by atoms with Crippen LogP contribution in [0.4, 0.5) is 0 Å². The predicted molar refractivity (Wildman–Crippen MR) is 208 cm³/mol. The highest BCUT2D eigenvalue weighted by molar-refractivity contribution is 5.92. The fourth-order valence-corrected chi connectivity index (χ4v) is 3.93. The topological polar surface area (TPSA) is 150 Å². The number of hydrogen-bond donors (Lipinski definition) is 0. The smallest absolute Gasteiger partial charge is 0.343 e. The molecule has 0 saturated heterocycles. The third kappa shape index (κ3) is 20.0. The van der Waals surface area contributed by atoms with Crippen molar-refractivity contribution in [3.8, 4) is 17.2 Å². The normalized spacial score (nSPS) is 10.5. The van der Waals surface area contributed by atoms with Crippen LogP contribution in [0.15, 0.2) is 122 Å². The van der Waals surface area contributed by atoms with Crippen LogP contribution in [0.2, 0.25) is 0 Å². The van der Waals surface area contributed by atoms with Gasteiger partial charge in [0.1, 0.15) is 35.1 Å². The van der Waals surface area contributed by atoms with Gasteiger partial charge in [-0.25, -0.2) is 19.2 Å². The largest absolute Gasteiger partial charge is 0.494 e. The van der Waals surface area contributed by atoms with Crippen molar-refractivity contribution < 1.29 is 57.1 Å². The maximum absolute atomic E-state index is 12.6. The van der Waals surface area contributed by atoms with Crippen LogP contribution in [-0.4, -0.2) is 63.7 Å². The fourth-order valence-electron chi connectivity index (χ4n) is 3.93. The predicted octanol–water partition coefficient (Wildman–Crippen LogP) is 8.43. The van der Waals surface area contributed by atoms with Gasteiger partial charge in [0, 0.05) is 26.2 Å². The Hall–Kier alpha value is -6.27. The first-order valence-electron chi connectivity index (χ1n) is 17.5. The van der Waals surface area contributed by atoms with Crippen LogP contribution >= 0.6 is 0 Å². The molecule has 12 heteroatoms. The molecule has 0 saturated carbocycles. The van der Waals surface area contributed by atoms with Crippen molar-refractivity contribution in [2.75, 3.05) is 33.5 Å². The fraction of sp³-hybridized carbons (Fsp3) is 0.279. The zero-order chi connectivity index (χ0) is 40.8. The Morgan fingerprint density at radius 2 is 0.982 bits per heavy atom. The standard InChI is InChI=1S/C38H40O11.C3H4O.C2H6/c1-5-35(39)46-26-8-25-45-33-17-11-29(12-18-33)36(40)47-27(2)9-10-28(3)48-37(41)30-15-21-34(22-16-30)49-38(42)31-13-19-32(20-14-31)44-24-7-6-23-43-4;1-2-3-4;1-2/h5,9-22H,1,6-8,23-26H2,2-4H3;2-3H,1H2;1-2H3/b27-9+,28-10+;;. The number of ether oxygens (including phenoxy) is 7. The number of aldehydes is 1. The van der Waals surface area contributed by atoms with Gasteiger partial charge in [0.05, 0.1) is 36.5 Å². The van der Waals surface area contributed by atoms with Gasteiger partial charge in [0.25, 0.3) is 0 Å². The highest BCUT2D eigenvalue weighted by Gasteiger charge is 2.13. The van der Waals surface area contributed by atoms with Crippen molar-refractivity contribution in [1.29, 1.82) is 0 Å². The molecule has 0 heterocycles. The van der Waals surface area contributed by atoms with Crippen LogP contribution in [0.5, 0.6) is 17.2 Å². The molecule has 0 amide bonds. The van der Waals surface area contributed by atoms with Crippen LogP contribution in [0.3, 0.4) is 0 Å². The van der Waals surface area contributed by atoms with Gasteiger partial charge >= 0.3 is 23.9 Å². The summed E-state index contributed by atoms with van der Waals surface area (Å²) in [5.74, 6) is -0.221. The van der Waals surface area contributed by atoms with Crippen molar-refractivity contribution in [2.45, 2.75) is 47.0 Å². The summed E-state index contributed by atoms with van der Waals surface area (Å²) in [6.45, 7) is 15.4. The number of hydrogen-bond acceptors (Lipinski definition) is 12. The van der Waals surface area contributed by atoms with Crippen LogP contribution in [-0.2, 0) is 28.5 Å². The lowest BCUT2D eigenvalue weighted by molar-refractivity contribution is -0.137. The van der Waals surface area contributed by atoms with E-state index in [1.54, 1.807) is 69.5 Å². The van der Waals surface area contributed by atoms with E-state index in [2.05, 4.69) is 13.2 Å². The first kappa shape index (κ1) is 46.8. The second-order valence-corrected chi connectivity index (χ2v) is 10.8. The summed E-state index contributed by atoms with van der Waals surface area (Å²) >= 11 is 0. The summed E-state index contributed by atoms with van der Waals surface area (Å²) in [5, 5.41) is 0. The van der Waals surface area contributed by atoms with E-state index in [1.807, 2.05) is 13.8 Å². The minimum atomic E-state index is -0.618. The lowest BCUT2D eigenvalue weighted by atomic mass is 10.2. The van der Waals surface area contributed by atoms with Crippen molar-refractivity contribution in [2.24, 2.45) is 0 Å². The Morgan fingerprint density at radius 3 is 1.40 bits per heavy atom. The zero-order valence-electron chi connectivity index (χ0n) is 32.1. The minimum absolute atomic E-state index is 0.213. The van der Waals surface area contributed by atoms with Crippen LogP contribution in [0, 0.1) is 0 Å². The molecule has 0 aliphatic carbocycles. The van der Waals surface area contributed by atoms with Gasteiger partial charge in [-0.3, -0.25) is 4.79 Å². The SMILES string of the molecule is C=CC(=O)OCCCOc1ccc(C(=O)O/C(C)=C/C=C(\C)OC(=O)c2ccc(OC(=O)c3ccc(OCCCCOC)cc3)cc2)cc1.C=CC=O.CC. The molecule has 3 aromatic rings. The van der Waals surface area contributed by atoms with Crippen molar-refractivity contribution in [3.05, 3.63) is 138 Å². The Kier molecular flexibility index (Phi) is 24.0. The molecule has 0 bridgehead atoms. The van der Waals surface area contributed by atoms with Gasteiger partial charge in [-0.2, -0.15) is 0 Å². The number of unbranched alkanes of at least 4 members (excludes halogenated alkanes) is 1. The summed E-state index contributed by atoms with van der Waals surface area (Å²) < 4.78 is 37.3. The third-order valence-corrected chi connectivity index (χ3v) is 6.62. The Bertz CT molecular complexity index is 1700. The van der Waals surface area contributed by atoms with Gasteiger partial charge in [0.15, 0.2) is 0 Å². The molecule has 294 valence electrons. The molecule has 0 radical (unpaired) electrons. The minimum Gasteiger partial charge on any atom is -0.494 e. The number of esters is 4. The number of carbonyl (C=O) groups is 5. The van der Waals surface area contributed by atoms with E-state index >= 15 is 0 Å². The summed E-state index contributed by atoms with van der Waals surface area (Å²) in [6, 6.07) is 19.0. The summed E-state index contributed by atoms with van der Waals surface area (Å²) in [5.41, 5.74) is 0.913.